The van der Waals surface area contributed by atoms with Crippen molar-refractivity contribution in [3.05, 3.63) is 203 Å². The fourth-order valence-electron chi connectivity index (χ4n) is 14.5. The molecule has 0 saturated carbocycles. The van der Waals surface area contributed by atoms with Crippen molar-refractivity contribution >= 4 is 117 Å². The zero-order chi connectivity index (χ0) is 92.7. The van der Waals surface area contributed by atoms with Gasteiger partial charge in [0.05, 0.1) is 31.8 Å². The molecular formula is C90H113N17O19S. The molecule has 1 saturated heterocycles. The van der Waals surface area contributed by atoms with E-state index in [1.807, 2.05) is 6.92 Å². The zero-order valence-corrected chi connectivity index (χ0v) is 72.9. The van der Waals surface area contributed by atoms with Crippen molar-refractivity contribution in [3.63, 3.8) is 0 Å². The van der Waals surface area contributed by atoms with Gasteiger partial charge < -0.3 is 104 Å². The molecule has 127 heavy (non-hydrogen) atoms. The summed E-state index contributed by atoms with van der Waals surface area (Å²) in [4.78, 5) is 242. The molecule has 8 rings (SSSR count). The lowest BCUT2D eigenvalue weighted by Crippen LogP contribution is -2.61. The number of hydrogen-bond acceptors (Lipinski definition) is 20. The lowest BCUT2D eigenvalue weighted by molar-refractivity contribution is -0.151. The molecular weight excluding hydrogens is 1660 g/mol. The summed E-state index contributed by atoms with van der Waals surface area (Å²) in [6.07, 6.45) is 0.0628. The first-order chi connectivity index (χ1) is 60.5. The Bertz CT molecular complexity index is 5010. The summed E-state index contributed by atoms with van der Waals surface area (Å²) in [5.41, 5.74) is 15.2. The standard InChI is InChI=1S/C90H113N17O19S/c1-9-10-30-71-88(124)104(5)50-76(112)96-66(45-78(114)115)83(119)102-79(53(2)3)90(126)106(7)72(42-55-24-16-12-17-25-55)85(121)99-67(41-58-33-37-61(109)38-34-58)86(122)103(4)49-75(111)95-65(44-59-47-93-63-29-21-20-28-62(59)63)82(118)98-64(39-57-31-35-60(108)36-32-57)81(117)100-69(46-91)84(120)101-70(80(116)94-48-74(92)110)51-127-52-77(113)97-68(40-54-22-14-11-15-23-54)87(123)107(8)73(89(125)105(71)6)43-56-26-18-13-19-27-56/h11-29,31-38,47,53,64-73,79,93,108-109H,9-10,30,39-46,48-52,91H2,1-8H3,(H2,92,110)(H,94,116)(H,95,111)(H,96,112)(H,97,113)(H,98,118)(H,99,121)(H,100,117)(H,101,120)(H,102,119)(H,114,115)/t64-,65-,66-,67-,68-,69-,70-,71-,72-,73-,79-/m0/s1. The molecule has 0 spiro atoms. The van der Waals surface area contributed by atoms with Crippen molar-refractivity contribution in [1.82, 2.24) is 77.3 Å². The second-order valence-electron chi connectivity index (χ2n) is 31.7. The molecule has 0 radical (unpaired) electrons. The molecule has 1 aliphatic heterocycles. The summed E-state index contributed by atoms with van der Waals surface area (Å²) in [5.74, 6) is -17.6. The lowest BCUT2D eigenvalue weighted by Gasteiger charge is -2.37. The van der Waals surface area contributed by atoms with Gasteiger partial charge in [0.25, 0.3) is 0 Å². The SMILES string of the molecule is CCCC[C@H]1C(=O)N(C)CC(=O)N[C@@H](CC(=O)O)C(=O)N[C@@H](C(C)C)C(=O)N(C)[C@@H](Cc2ccccc2)C(=O)N[C@@H](Cc2ccc(O)cc2)C(=O)N(C)CC(=O)N[C@@H](Cc2c[nH]c3ccccc23)C(=O)N[C@@H](Cc2ccc(O)cc2)C(=O)N[C@@H](CN)C(=O)N[C@H](C(=O)NCC(N)=O)CSCC(=O)N[C@@H](Cc2ccccc2)C(=O)N(C)[C@@H](Cc2ccccc2)C(=O)N1C. The number of hydrogen-bond donors (Lipinski definition) is 15. The van der Waals surface area contributed by atoms with Crippen LogP contribution in [0.2, 0.25) is 0 Å². The Morgan fingerprint density at radius 1 is 0.465 bits per heavy atom. The average molecular weight is 1770 g/mol. The largest absolute Gasteiger partial charge is 0.508 e. The van der Waals surface area contributed by atoms with E-state index >= 15 is 28.8 Å². The average Bonchev–Trinajstić information content (AvgIpc) is 1.71. The monoisotopic (exact) mass is 1770 g/mol. The van der Waals surface area contributed by atoms with E-state index in [4.69, 9.17) is 11.5 Å². The van der Waals surface area contributed by atoms with E-state index in [0.717, 1.165) is 36.3 Å². The van der Waals surface area contributed by atoms with E-state index in [1.165, 1.54) is 83.8 Å². The summed E-state index contributed by atoms with van der Waals surface area (Å²) >= 11 is 0.791. The van der Waals surface area contributed by atoms with Crippen LogP contribution in [-0.2, 0) is 115 Å². The first kappa shape index (κ1) is 98.7. The number of para-hydroxylation sites is 1. The molecule has 1 aromatic heterocycles. The topological polar surface area (TPSA) is 526 Å². The van der Waals surface area contributed by atoms with E-state index in [1.54, 1.807) is 135 Å². The number of likely N-dealkylation sites (N-methyl/N-ethyl adjacent to an activating group) is 5. The maximum atomic E-state index is 15.5. The molecule has 0 unspecified atom stereocenters. The molecule has 36 nitrogen and oxygen atoms in total. The highest BCUT2D eigenvalue weighted by Gasteiger charge is 2.42. The number of nitrogens with one attached hydrogen (secondary N) is 10. The molecule has 0 bridgehead atoms. The number of carbonyl (C=O) groups is 16. The summed E-state index contributed by atoms with van der Waals surface area (Å²) in [6, 6.07) is 26.6. The van der Waals surface area contributed by atoms with Crippen molar-refractivity contribution < 1.29 is 92.0 Å². The molecule has 1 fully saturated rings. The number of rotatable bonds is 22. The van der Waals surface area contributed by atoms with Crippen LogP contribution in [0.4, 0.5) is 0 Å². The van der Waals surface area contributed by atoms with Crippen molar-refractivity contribution in [3.8, 4) is 11.5 Å². The first-order valence-corrected chi connectivity index (χ1v) is 42.7. The van der Waals surface area contributed by atoms with Crippen molar-refractivity contribution in [2.24, 2.45) is 17.4 Å². The van der Waals surface area contributed by atoms with Gasteiger partial charge in [0.1, 0.15) is 78.0 Å². The van der Waals surface area contributed by atoms with Crippen LogP contribution in [0.5, 0.6) is 11.5 Å². The highest BCUT2D eigenvalue weighted by Crippen LogP contribution is 2.24. The van der Waals surface area contributed by atoms with Crippen LogP contribution in [0.25, 0.3) is 10.9 Å². The van der Waals surface area contributed by atoms with Crippen molar-refractivity contribution in [2.75, 3.05) is 72.9 Å². The molecule has 0 aliphatic carbocycles. The van der Waals surface area contributed by atoms with Gasteiger partial charge in [-0.2, -0.15) is 0 Å². The van der Waals surface area contributed by atoms with Gasteiger partial charge in [-0.05, 0) is 76.1 Å². The van der Waals surface area contributed by atoms with Crippen molar-refractivity contribution in [1.29, 1.82) is 0 Å². The third kappa shape index (κ3) is 29.5. The number of aromatic hydroxyl groups is 2. The predicted octanol–water partition coefficient (Wildman–Crippen LogP) is 0.239. The number of H-pyrrole nitrogens is 1. The normalized spacial score (nSPS) is 22.0. The van der Waals surface area contributed by atoms with Crippen LogP contribution in [0.15, 0.2) is 170 Å². The highest BCUT2D eigenvalue weighted by atomic mass is 32.2. The fraction of sp³-hybridized carbons (Fsp3) is 0.400. The Balaban J connectivity index is 1.20. The maximum Gasteiger partial charge on any atom is 0.305 e. The van der Waals surface area contributed by atoms with E-state index in [0.29, 0.717) is 57.1 Å². The Hall–Kier alpha value is -13.7. The Labute approximate surface area is 739 Å². The third-order valence-corrected chi connectivity index (χ3v) is 22.6. The Morgan fingerprint density at radius 2 is 0.906 bits per heavy atom. The smallest absolute Gasteiger partial charge is 0.305 e. The van der Waals surface area contributed by atoms with Crippen LogP contribution in [0.1, 0.15) is 79.8 Å². The number of carboxylic acid groups (broad SMARTS) is 1. The lowest BCUT2D eigenvalue weighted by atomic mass is 9.98. The molecule has 1 aliphatic rings. The number of aliphatic carboxylic acids is 1. The van der Waals surface area contributed by atoms with E-state index in [-0.39, 0.29) is 56.4 Å². The molecule has 678 valence electrons. The number of aromatic nitrogens is 1. The number of nitrogens with zero attached hydrogens (tertiary/aromatic N) is 5. The minimum atomic E-state index is -1.91. The van der Waals surface area contributed by atoms with Gasteiger partial charge in [0.2, 0.25) is 88.6 Å². The zero-order valence-electron chi connectivity index (χ0n) is 72.1. The molecule has 6 aromatic carbocycles. The van der Waals surface area contributed by atoms with E-state index < -0.39 is 211 Å². The van der Waals surface area contributed by atoms with E-state index in [2.05, 4.69) is 52.8 Å². The number of carboxylic acids is 1. The summed E-state index contributed by atoms with van der Waals surface area (Å²) in [5, 5.41) is 54.9. The number of carbonyl (C=O) groups excluding carboxylic acids is 15. The number of unbranched alkanes of at least 4 members (excludes halogenated alkanes) is 1. The number of aromatic amines is 1. The van der Waals surface area contributed by atoms with Gasteiger partial charge in [-0.1, -0.05) is 167 Å². The number of phenolic OH excluding ortho intramolecular Hbond substituents is 2. The molecule has 2 heterocycles. The number of fused-ring (bicyclic) bond motifs is 1. The number of phenols is 2. The molecule has 11 atom stereocenters. The fourth-order valence-corrected chi connectivity index (χ4v) is 15.3. The predicted molar refractivity (Wildman–Crippen MR) is 472 cm³/mol. The van der Waals surface area contributed by atoms with Crippen molar-refractivity contribution in [2.45, 2.75) is 151 Å². The number of amides is 15. The quantitative estimate of drug-likeness (QED) is 0.0432. The van der Waals surface area contributed by atoms with Gasteiger partial charge in [-0.25, -0.2) is 0 Å². The minimum absolute atomic E-state index is 0.0250. The first-order valence-electron chi connectivity index (χ1n) is 41.5. The van der Waals surface area contributed by atoms with Crippen LogP contribution >= 0.6 is 11.8 Å². The number of thioether (sulfide) groups is 1. The molecule has 15 amide bonds. The number of nitrogens with two attached hydrogens (primary N) is 2. The Morgan fingerprint density at radius 3 is 1.44 bits per heavy atom. The van der Waals surface area contributed by atoms with Gasteiger partial charge >= 0.3 is 5.97 Å². The minimum Gasteiger partial charge on any atom is -0.508 e. The van der Waals surface area contributed by atoms with E-state index in [9.17, 15) is 63.3 Å². The summed E-state index contributed by atoms with van der Waals surface area (Å²) in [7, 11) is 6.49. The second-order valence-corrected chi connectivity index (χ2v) is 32.7. The number of primary amides is 1. The third-order valence-electron chi connectivity index (χ3n) is 21.6. The molecule has 17 N–H and O–H groups in total. The Kier molecular flexibility index (Phi) is 37.3. The van der Waals surface area contributed by atoms with Gasteiger partial charge in [0, 0.05) is 103 Å². The maximum absolute atomic E-state index is 15.5. The van der Waals surface area contributed by atoms with Crippen LogP contribution in [0, 0.1) is 5.92 Å². The summed E-state index contributed by atoms with van der Waals surface area (Å²) in [6.45, 7) is 1.98. The molecule has 7 aromatic rings. The van der Waals surface area contributed by atoms with Crippen LogP contribution in [-0.4, -0.2) is 279 Å². The van der Waals surface area contributed by atoms with Gasteiger partial charge in [-0.3, -0.25) is 76.7 Å². The summed E-state index contributed by atoms with van der Waals surface area (Å²) < 4.78 is 0. The second kappa shape index (κ2) is 48.0. The number of benzene rings is 6. The van der Waals surface area contributed by atoms with Gasteiger partial charge in [0.15, 0.2) is 0 Å². The van der Waals surface area contributed by atoms with Gasteiger partial charge in [-0.15, -0.1) is 11.8 Å². The van der Waals surface area contributed by atoms with Crippen LogP contribution < -0.4 is 59.3 Å². The molecule has 37 heteroatoms. The van der Waals surface area contributed by atoms with Crippen LogP contribution in [0.3, 0.4) is 0 Å². The highest BCUT2D eigenvalue weighted by molar-refractivity contribution is 8.00.